The highest BCUT2D eigenvalue weighted by Gasteiger charge is 2.34. The first kappa shape index (κ1) is 24.8. The van der Waals surface area contributed by atoms with Crippen molar-refractivity contribution in [1.82, 2.24) is 3.97 Å². The van der Waals surface area contributed by atoms with Gasteiger partial charge in [0.25, 0.3) is 0 Å². The summed E-state index contributed by atoms with van der Waals surface area (Å²) in [5.41, 5.74) is 5.99. The van der Waals surface area contributed by atoms with E-state index in [0.29, 0.717) is 24.0 Å². The number of halogens is 1. The summed E-state index contributed by atoms with van der Waals surface area (Å²) in [6.07, 6.45) is 1.48. The monoisotopic (exact) mass is 537 g/mol. The summed E-state index contributed by atoms with van der Waals surface area (Å²) in [6, 6.07) is 24.9. The number of ether oxygens (including phenoxy) is 1. The third-order valence-electron chi connectivity index (χ3n) is 7.04. The first-order valence-electron chi connectivity index (χ1n) is 12.5. The lowest BCUT2D eigenvalue weighted by molar-refractivity contribution is -0.146. The number of hydrogen-bond donors (Lipinski definition) is 0. The van der Waals surface area contributed by atoms with Gasteiger partial charge in [-0.1, -0.05) is 29.8 Å². The number of nitrogens with zero attached hydrogens (tertiary/aromatic N) is 3. The van der Waals surface area contributed by atoms with Gasteiger partial charge >= 0.3 is 5.97 Å². The number of carbonyl (C=O) groups is 1. The van der Waals surface area contributed by atoms with E-state index in [-0.39, 0.29) is 23.5 Å². The van der Waals surface area contributed by atoms with Gasteiger partial charge in [0.2, 0.25) is 5.76 Å². The Kier molecular flexibility index (Phi) is 6.37. The molecule has 1 saturated heterocycles. The van der Waals surface area contributed by atoms with Crippen LogP contribution in [0.25, 0.3) is 33.3 Å². The van der Waals surface area contributed by atoms with Crippen molar-refractivity contribution in [2.75, 3.05) is 25.1 Å². The smallest absolute Gasteiger partial charge is 0.312 e. The molecule has 2 aromatic heterocycles. The van der Waals surface area contributed by atoms with E-state index in [9.17, 15) is 14.4 Å². The lowest BCUT2D eigenvalue weighted by Crippen LogP contribution is -2.50. The van der Waals surface area contributed by atoms with Gasteiger partial charge < -0.3 is 14.1 Å². The van der Waals surface area contributed by atoms with E-state index in [2.05, 4.69) is 45.3 Å². The van der Waals surface area contributed by atoms with Gasteiger partial charge in [-0.25, -0.2) is 4.39 Å². The van der Waals surface area contributed by atoms with Crippen molar-refractivity contribution in [3.05, 3.63) is 96.2 Å². The van der Waals surface area contributed by atoms with E-state index in [1.807, 2.05) is 25.1 Å². The number of hydrogen-bond acceptors (Lipinski definition) is 6. The number of aryl methyl sites for hydroxylation is 1. The molecule has 5 aromatic rings. The zero-order chi connectivity index (χ0) is 27.1. The third-order valence-corrected chi connectivity index (χ3v) is 8.09. The number of methoxy groups -OCH3 is 1. The molecule has 0 spiro atoms. The molecule has 6 nitrogen and oxygen atoms in total. The minimum Gasteiger partial charge on any atom is -0.469 e. The zero-order valence-corrected chi connectivity index (χ0v) is 22.2. The molecule has 3 heterocycles. The van der Waals surface area contributed by atoms with Crippen LogP contribution in [0.2, 0.25) is 0 Å². The molecule has 0 saturated carbocycles. The molecular weight excluding hydrogens is 513 g/mol. The molecule has 1 fully saturated rings. The van der Waals surface area contributed by atoms with Crippen LogP contribution in [0.3, 0.4) is 0 Å². The summed E-state index contributed by atoms with van der Waals surface area (Å²) in [6.45, 7) is 3.20. The predicted octanol–water partition coefficient (Wildman–Crippen LogP) is 7.05. The summed E-state index contributed by atoms with van der Waals surface area (Å²) in [5, 5.41) is 10.5. The summed E-state index contributed by atoms with van der Waals surface area (Å²) < 4.78 is 27.1. The van der Waals surface area contributed by atoms with Crippen LogP contribution in [0.1, 0.15) is 11.3 Å². The summed E-state index contributed by atoms with van der Waals surface area (Å²) in [7, 11) is 1.41. The molecule has 0 atom stereocenters. The van der Waals surface area contributed by atoms with E-state index in [0.717, 1.165) is 38.5 Å². The largest absolute Gasteiger partial charge is 0.469 e. The van der Waals surface area contributed by atoms with E-state index >= 15 is 0 Å². The van der Waals surface area contributed by atoms with E-state index < -0.39 is 0 Å². The number of benzene rings is 3. The van der Waals surface area contributed by atoms with E-state index in [1.165, 1.54) is 37.5 Å². The van der Waals surface area contributed by atoms with Crippen LogP contribution in [0.5, 0.6) is 0 Å². The highest BCUT2D eigenvalue weighted by Crippen LogP contribution is 2.46. The standard InChI is InChI=1S/C31H24FN3O3S/c1-19-6-9-24(10-7-19)39-35-27-11-8-22(32)15-26(27)29(25-12-13-38-28(25)16-33)30(35)20-4-3-5-23(14-20)34-17-21(18-34)31(36)37-2/h3-15,21H,17-18H2,1-2H3. The van der Waals surface area contributed by atoms with Gasteiger partial charge in [-0.2, -0.15) is 5.26 Å². The molecule has 0 unspecified atom stereocenters. The van der Waals surface area contributed by atoms with Crippen LogP contribution >= 0.6 is 11.9 Å². The van der Waals surface area contributed by atoms with Crippen molar-refractivity contribution in [2.45, 2.75) is 11.8 Å². The van der Waals surface area contributed by atoms with Crippen LogP contribution < -0.4 is 4.90 Å². The fraction of sp³-hybridized carbons (Fsp3) is 0.161. The van der Waals surface area contributed by atoms with Gasteiger partial charge in [0.05, 0.1) is 30.5 Å². The maximum Gasteiger partial charge on any atom is 0.312 e. The number of furan rings is 1. The molecule has 0 amide bonds. The first-order valence-corrected chi connectivity index (χ1v) is 13.2. The first-order chi connectivity index (χ1) is 19.0. The number of esters is 1. The van der Waals surface area contributed by atoms with Crippen LogP contribution in [0, 0.1) is 30.0 Å². The summed E-state index contributed by atoms with van der Waals surface area (Å²) in [4.78, 5) is 15.1. The normalized spacial score (nSPS) is 13.3. The predicted molar refractivity (Wildman–Crippen MR) is 150 cm³/mol. The summed E-state index contributed by atoms with van der Waals surface area (Å²) in [5.74, 6) is -0.548. The van der Waals surface area contributed by atoms with Crippen LogP contribution in [0.15, 0.2) is 88.4 Å². The van der Waals surface area contributed by atoms with E-state index in [1.54, 1.807) is 12.1 Å². The number of rotatable bonds is 6. The average molecular weight is 538 g/mol. The Labute approximate surface area is 229 Å². The summed E-state index contributed by atoms with van der Waals surface area (Å²) >= 11 is 1.53. The van der Waals surface area contributed by atoms with Crippen molar-refractivity contribution < 1.29 is 18.3 Å². The van der Waals surface area contributed by atoms with Gasteiger partial charge in [-0.3, -0.25) is 8.77 Å². The minimum absolute atomic E-state index is 0.148. The number of fused-ring (bicyclic) bond motifs is 1. The molecule has 0 radical (unpaired) electrons. The maximum atomic E-state index is 14.7. The quantitative estimate of drug-likeness (QED) is 0.216. The average Bonchev–Trinajstić information content (AvgIpc) is 3.51. The van der Waals surface area contributed by atoms with Crippen molar-refractivity contribution >= 4 is 34.5 Å². The van der Waals surface area contributed by atoms with E-state index in [4.69, 9.17) is 9.15 Å². The Morgan fingerprint density at radius 2 is 1.90 bits per heavy atom. The Balaban J connectivity index is 1.56. The Hall–Kier alpha value is -4.48. The van der Waals surface area contributed by atoms with Crippen LogP contribution in [-0.2, 0) is 9.53 Å². The Morgan fingerprint density at radius 3 is 2.64 bits per heavy atom. The SMILES string of the molecule is COC(=O)C1CN(c2cccc(-c3c(-c4ccoc4C#N)c4cc(F)ccc4n3Sc3ccc(C)cc3)c2)C1. The van der Waals surface area contributed by atoms with Gasteiger partial charge in [-0.15, -0.1) is 0 Å². The molecular formula is C31H24FN3O3S. The molecule has 0 N–H and O–H groups in total. The molecule has 39 heavy (non-hydrogen) atoms. The highest BCUT2D eigenvalue weighted by molar-refractivity contribution is 7.98. The number of aromatic nitrogens is 1. The van der Waals surface area contributed by atoms with Crippen molar-refractivity contribution in [2.24, 2.45) is 5.92 Å². The molecule has 0 bridgehead atoms. The fourth-order valence-corrected chi connectivity index (χ4v) is 6.03. The molecule has 194 valence electrons. The van der Waals surface area contributed by atoms with Crippen LogP contribution in [-0.4, -0.2) is 30.1 Å². The second-order valence-corrected chi connectivity index (χ2v) is 10.6. The van der Waals surface area contributed by atoms with Crippen molar-refractivity contribution in [3.63, 3.8) is 0 Å². The minimum atomic E-state index is -0.363. The topological polar surface area (TPSA) is 71.4 Å². The molecule has 1 aliphatic heterocycles. The fourth-order valence-electron chi connectivity index (χ4n) is 5.02. The third kappa shape index (κ3) is 4.45. The number of carbonyl (C=O) groups excluding carboxylic acids is 1. The molecule has 6 rings (SSSR count). The van der Waals surface area contributed by atoms with Crippen LogP contribution in [0.4, 0.5) is 10.1 Å². The zero-order valence-electron chi connectivity index (χ0n) is 21.3. The lowest BCUT2D eigenvalue weighted by atomic mass is 9.96. The van der Waals surface area contributed by atoms with Crippen molar-refractivity contribution in [3.8, 4) is 28.5 Å². The van der Waals surface area contributed by atoms with Gasteiger partial charge in [0.15, 0.2) is 0 Å². The van der Waals surface area contributed by atoms with Gasteiger partial charge in [0, 0.05) is 45.7 Å². The lowest BCUT2D eigenvalue weighted by Gasteiger charge is -2.39. The van der Waals surface area contributed by atoms with Crippen molar-refractivity contribution in [1.29, 1.82) is 5.26 Å². The molecule has 3 aromatic carbocycles. The number of nitriles is 1. The maximum absolute atomic E-state index is 14.7. The number of anilines is 1. The second kappa shape index (κ2) is 10.0. The second-order valence-electron chi connectivity index (χ2n) is 9.53. The van der Waals surface area contributed by atoms with Gasteiger partial charge in [-0.05, 0) is 67.4 Å². The highest BCUT2D eigenvalue weighted by atomic mass is 32.2. The molecule has 1 aliphatic rings. The Bertz CT molecular complexity index is 1740. The molecule has 8 heteroatoms. The van der Waals surface area contributed by atoms with Gasteiger partial charge in [0.1, 0.15) is 11.9 Å². The molecule has 0 aliphatic carbocycles. The Morgan fingerprint density at radius 1 is 1.10 bits per heavy atom.